The van der Waals surface area contributed by atoms with Crippen LogP contribution in [0.4, 0.5) is 0 Å². The fraction of sp³-hybridized carbons (Fsp3) is 0.188. The summed E-state index contributed by atoms with van der Waals surface area (Å²) < 4.78 is 1.55. The van der Waals surface area contributed by atoms with Crippen molar-refractivity contribution in [3.05, 3.63) is 58.9 Å². The number of hydrogen-bond donors (Lipinski definition) is 2. The fourth-order valence-electron chi connectivity index (χ4n) is 2.06. The largest absolute Gasteiger partial charge is 0.352 e. The highest BCUT2D eigenvalue weighted by molar-refractivity contribution is 7.12. The molecule has 0 bridgehead atoms. The number of amides is 2. The molecule has 0 aromatic carbocycles. The van der Waals surface area contributed by atoms with E-state index in [1.165, 1.54) is 17.7 Å². The Hall–Kier alpha value is -3.07. The third kappa shape index (κ3) is 4.70. The van der Waals surface area contributed by atoms with Gasteiger partial charge in [-0.3, -0.25) is 9.59 Å². The van der Waals surface area contributed by atoms with Crippen molar-refractivity contribution in [1.29, 1.82) is 0 Å². The highest BCUT2D eigenvalue weighted by Crippen LogP contribution is 2.07. The van der Waals surface area contributed by atoms with Gasteiger partial charge < -0.3 is 10.6 Å². The average molecular weight is 356 g/mol. The van der Waals surface area contributed by atoms with E-state index in [1.54, 1.807) is 29.3 Å². The molecule has 0 atom stereocenters. The SMILES string of the molecule is O=C(CCNC(=O)c1cccs1)NCc1ccc(-n2cncn2)nc1. The van der Waals surface area contributed by atoms with Crippen LogP contribution in [-0.2, 0) is 11.3 Å². The molecule has 3 rings (SSSR count). The second-order valence-electron chi connectivity index (χ2n) is 5.12. The van der Waals surface area contributed by atoms with Gasteiger partial charge >= 0.3 is 0 Å². The van der Waals surface area contributed by atoms with Crippen LogP contribution in [0.3, 0.4) is 0 Å². The lowest BCUT2D eigenvalue weighted by molar-refractivity contribution is -0.121. The summed E-state index contributed by atoms with van der Waals surface area (Å²) in [7, 11) is 0. The number of pyridine rings is 1. The van der Waals surface area contributed by atoms with Gasteiger partial charge in [-0.2, -0.15) is 5.10 Å². The summed E-state index contributed by atoms with van der Waals surface area (Å²) in [5.41, 5.74) is 0.875. The molecule has 3 heterocycles. The summed E-state index contributed by atoms with van der Waals surface area (Å²) in [6.45, 7) is 0.675. The van der Waals surface area contributed by atoms with Crippen molar-refractivity contribution in [2.45, 2.75) is 13.0 Å². The van der Waals surface area contributed by atoms with E-state index in [2.05, 4.69) is 25.7 Å². The summed E-state index contributed by atoms with van der Waals surface area (Å²) in [6.07, 6.45) is 4.90. The van der Waals surface area contributed by atoms with E-state index in [9.17, 15) is 9.59 Å². The maximum absolute atomic E-state index is 11.8. The number of hydrogen-bond acceptors (Lipinski definition) is 6. The van der Waals surface area contributed by atoms with Crippen LogP contribution < -0.4 is 10.6 Å². The third-order valence-corrected chi connectivity index (χ3v) is 4.20. The predicted molar refractivity (Wildman–Crippen MR) is 92.3 cm³/mol. The molecule has 0 fully saturated rings. The van der Waals surface area contributed by atoms with Crippen molar-refractivity contribution in [2.75, 3.05) is 6.54 Å². The molecule has 0 unspecified atom stereocenters. The molecular formula is C16H16N6O2S. The molecule has 8 nitrogen and oxygen atoms in total. The number of nitrogens with zero attached hydrogens (tertiary/aromatic N) is 4. The monoisotopic (exact) mass is 356 g/mol. The van der Waals surface area contributed by atoms with E-state index in [-0.39, 0.29) is 18.2 Å². The summed E-state index contributed by atoms with van der Waals surface area (Å²) in [6, 6.07) is 7.23. The zero-order valence-electron chi connectivity index (χ0n) is 13.3. The minimum atomic E-state index is -0.157. The van der Waals surface area contributed by atoms with E-state index < -0.39 is 0 Å². The van der Waals surface area contributed by atoms with E-state index in [0.717, 1.165) is 5.56 Å². The number of carbonyl (C=O) groups is 2. The van der Waals surface area contributed by atoms with Crippen molar-refractivity contribution in [3.63, 3.8) is 0 Å². The Morgan fingerprint density at radius 3 is 2.80 bits per heavy atom. The molecule has 0 aliphatic carbocycles. The van der Waals surface area contributed by atoms with Gasteiger partial charge in [0.25, 0.3) is 5.91 Å². The van der Waals surface area contributed by atoms with Gasteiger partial charge in [0, 0.05) is 25.7 Å². The Balaban J connectivity index is 1.39. The molecular weight excluding hydrogens is 340 g/mol. The molecule has 0 saturated carbocycles. The smallest absolute Gasteiger partial charge is 0.261 e. The van der Waals surface area contributed by atoms with Crippen LogP contribution >= 0.6 is 11.3 Å². The molecule has 0 saturated heterocycles. The Labute approximate surface area is 147 Å². The molecule has 9 heteroatoms. The maximum atomic E-state index is 11.8. The van der Waals surface area contributed by atoms with Gasteiger partial charge in [-0.25, -0.2) is 14.6 Å². The van der Waals surface area contributed by atoms with Crippen molar-refractivity contribution < 1.29 is 9.59 Å². The van der Waals surface area contributed by atoms with Gasteiger partial charge in [0.2, 0.25) is 5.91 Å². The molecule has 0 aliphatic heterocycles. The Kier molecular flexibility index (Phi) is 5.47. The molecule has 2 N–H and O–H groups in total. The van der Waals surface area contributed by atoms with Crippen molar-refractivity contribution in [3.8, 4) is 5.82 Å². The number of rotatable bonds is 7. The first kappa shape index (κ1) is 16.8. The first-order valence-electron chi connectivity index (χ1n) is 7.61. The van der Waals surface area contributed by atoms with E-state index in [1.807, 2.05) is 17.5 Å². The maximum Gasteiger partial charge on any atom is 0.261 e. The van der Waals surface area contributed by atoms with Gasteiger partial charge in [0.1, 0.15) is 12.7 Å². The predicted octanol–water partition coefficient (Wildman–Crippen LogP) is 1.16. The van der Waals surface area contributed by atoms with Crippen LogP contribution in [0.5, 0.6) is 0 Å². The van der Waals surface area contributed by atoms with Crippen molar-refractivity contribution in [1.82, 2.24) is 30.4 Å². The molecule has 25 heavy (non-hydrogen) atoms. The fourth-order valence-corrected chi connectivity index (χ4v) is 2.70. The van der Waals surface area contributed by atoms with Gasteiger partial charge in [-0.05, 0) is 23.1 Å². The highest BCUT2D eigenvalue weighted by Gasteiger charge is 2.07. The van der Waals surface area contributed by atoms with Gasteiger partial charge in [0.05, 0.1) is 4.88 Å². The topological polar surface area (TPSA) is 102 Å². The zero-order valence-corrected chi connectivity index (χ0v) is 14.1. The second kappa shape index (κ2) is 8.15. The van der Waals surface area contributed by atoms with Crippen molar-refractivity contribution >= 4 is 23.2 Å². The Morgan fingerprint density at radius 1 is 1.20 bits per heavy atom. The molecule has 0 radical (unpaired) electrons. The molecule has 0 spiro atoms. The minimum Gasteiger partial charge on any atom is -0.352 e. The van der Waals surface area contributed by atoms with Crippen LogP contribution in [0.25, 0.3) is 5.82 Å². The van der Waals surface area contributed by atoms with Gasteiger partial charge in [-0.1, -0.05) is 12.1 Å². The van der Waals surface area contributed by atoms with Gasteiger partial charge in [0.15, 0.2) is 5.82 Å². The number of carbonyl (C=O) groups excluding carboxylic acids is 2. The van der Waals surface area contributed by atoms with E-state index in [4.69, 9.17) is 0 Å². The first-order valence-corrected chi connectivity index (χ1v) is 8.48. The average Bonchev–Trinajstić information content (AvgIpc) is 3.34. The van der Waals surface area contributed by atoms with Crippen LogP contribution in [0.2, 0.25) is 0 Å². The van der Waals surface area contributed by atoms with Crippen LogP contribution in [0.1, 0.15) is 21.7 Å². The summed E-state index contributed by atoms with van der Waals surface area (Å²) in [5, 5.41) is 11.4. The minimum absolute atomic E-state index is 0.133. The Morgan fingerprint density at radius 2 is 2.12 bits per heavy atom. The lowest BCUT2D eigenvalue weighted by atomic mass is 10.2. The zero-order chi connectivity index (χ0) is 17.5. The summed E-state index contributed by atoms with van der Waals surface area (Å²) in [5.74, 6) is 0.367. The Bertz CT molecular complexity index is 815. The summed E-state index contributed by atoms with van der Waals surface area (Å²) in [4.78, 5) is 32.3. The summed E-state index contributed by atoms with van der Waals surface area (Å²) >= 11 is 1.37. The van der Waals surface area contributed by atoms with Crippen LogP contribution in [-0.4, -0.2) is 38.1 Å². The van der Waals surface area contributed by atoms with Gasteiger partial charge in [-0.15, -0.1) is 11.3 Å². The lowest BCUT2D eigenvalue weighted by Gasteiger charge is -2.07. The number of thiophene rings is 1. The van der Waals surface area contributed by atoms with E-state index in [0.29, 0.717) is 23.8 Å². The molecule has 0 aliphatic rings. The quantitative estimate of drug-likeness (QED) is 0.661. The highest BCUT2D eigenvalue weighted by atomic mass is 32.1. The molecule has 3 aromatic heterocycles. The lowest BCUT2D eigenvalue weighted by Crippen LogP contribution is -2.30. The molecule has 3 aromatic rings. The van der Waals surface area contributed by atoms with Crippen molar-refractivity contribution in [2.24, 2.45) is 0 Å². The normalized spacial score (nSPS) is 10.4. The van der Waals surface area contributed by atoms with E-state index >= 15 is 0 Å². The van der Waals surface area contributed by atoms with Crippen LogP contribution in [0, 0.1) is 0 Å². The number of nitrogens with one attached hydrogen (secondary N) is 2. The second-order valence-corrected chi connectivity index (χ2v) is 6.07. The number of aromatic nitrogens is 4. The van der Waals surface area contributed by atoms with Crippen LogP contribution in [0.15, 0.2) is 48.5 Å². The third-order valence-electron chi connectivity index (χ3n) is 3.33. The molecule has 2 amide bonds. The standard InChI is InChI=1S/C16H16N6O2S/c23-15(5-6-18-16(24)13-2-1-7-25-13)20-9-12-3-4-14(19-8-12)22-11-17-10-21-22/h1-4,7-8,10-11H,5-6,9H2,(H,18,24)(H,20,23). The first-order chi connectivity index (χ1) is 12.2. The molecule has 128 valence electrons.